The van der Waals surface area contributed by atoms with Crippen LogP contribution in [-0.4, -0.2) is 29.5 Å². The minimum absolute atomic E-state index is 0.131. The average molecular weight is 349 g/mol. The van der Waals surface area contributed by atoms with Crippen molar-refractivity contribution in [3.05, 3.63) is 59.9 Å². The molecule has 0 radical (unpaired) electrons. The van der Waals surface area contributed by atoms with Crippen molar-refractivity contribution in [2.75, 3.05) is 13.7 Å². The number of carbonyl (C=O) groups is 1. The molecule has 2 aromatic carbocycles. The summed E-state index contributed by atoms with van der Waals surface area (Å²) >= 11 is 0. The maximum atomic E-state index is 12.8. The number of amides is 1. The van der Waals surface area contributed by atoms with Gasteiger partial charge in [-0.1, -0.05) is 37.6 Å². The third-order valence-electron chi connectivity index (χ3n) is 4.13. The molecule has 5 nitrogen and oxygen atoms in total. The van der Waals surface area contributed by atoms with E-state index in [1.54, 1.807) is 7.11 Å². The SMILES string of the molecule is CCCCNC(=O)C(=Cc1ccc(OC)cc1)c1nc2ccccc2[nH]1. The highest BCUT2D eigenvalue weighted by Gasteiger charge is 2.16. The standard InChI is InChI=1S/C21H23N3O2/c1-3-4-13-22-21(25)17(14-15-9-11-16(26-2)12-10-15)20-23-18-7-5-6-8-19(18)24-20/h5-12,14H,3-4,13H2,1-2H3,(H,22,25)(H,23,24). The zero-order chi connectivity index (χ0) is 18.4. The number of ether oxygens (including phenoxy) is 1. The first-order valence-electron chi connectivity index (χ1n) is 8.80. The monoisotopic (exact) mass is 349 g/mol. The lowest BCUT2D eigenvalue weighted by Crippen LogP contribution is -2.25. The molecule has 0 aliphatic rings. The van der Waals surface area contributed by atoms with Crippen LogP contribution in [0, 0.1) is 0 Å². The molecule has 5 heteroatoms. The molecule has 3 aromatic rings. The van der Waals surface area contributed by atoms with Gasteiger partial charge in [-0.2, -0.15) is 0 Å². The molecule has 1 amide bonds. The predicted octanol–water partition coefficient (Wildman–Crippen LogP) is 4.03. The number of carbonyl (C=O) groups excluding carboxylic acids is 1. The van der Waals surface area contributed by atoms with E-state index in [-0.39, 0.29) is 5.91 Å². The zero-order valence-electron chi connectivity index (χ0n) is 15.1. The van der Waals surface area contributed by atoms with Gasteiger partial charge in [-0.05, 0) is 42.3 Å². The number of fused-ring (bicyclic) bond motifs is 1. The minimum Gasteiger partial charge on any atom is -0.497 e. The van der Waals surface area contributed by atoms with Crippen LogP contribution in [0.15, 0.2) is 48.5 Å². The smallest absolute Gasteiger partial charge is 0.255 e. The number of nitrogens with one attached hydrogen (secondary N) is 2. The Kier molecular flexibility index (Phi) is 5.69. The highest BCUT2D eigenvalue weighted by atomic mass is 16.5. The van der Waals surface area contributed by atoms with Crippen molar-refractivity contribution >= 4 is 28.6 Å². The second kappa shape index (κ2) is 8.34. The lowest BCUT2D eigenvalue weighted by Gasteiger charge is -2.07. The lowest BCUT2D eigenvalue weighted by molar-refractivity contribution is -0.115. The molecule has 0 unspecified atom stereocenters. The van der Waals surface area contributed by atoms with Gasteiger partial charge in [0, 0.05) is 6.54 Å². The Labute approximate surface area is 153 Å². The first-order valence-corrected chi connectivity index (χ1v) is 8.80. The third-order valence-corrected chi connectivity index (χ3v) is 4.13. The molecule has 26 heavy (non-hydrogen) atoms. The summed E-state index contributed by atoms with van der Waals surface area (Å²) in [4.78, 5) is 20.6. The molecule has 2 N–H and O–H groups in total. The number of rotatable bonds is 7. The van der Waals surface area contributed by atoms with Crippen molar-refractivity contribution in [2.45, 2.75) is 19.8 Å². The van der Waals surface area contributed by atoms with Crippen LogP contribution >= 0.6 is 0 Å². The fourth-order valence-electron chi connectivity index (χ4n) is 2.66. The Morgan fingerprint density at radius 2 is 1.96 bits per heavy atom. The van der Waals surface area contributed by atoms with Gasteiger partial charge in [0.2, 0.25) is 0 Å². The van der Waals surface area contributed by atoms with Crippen LogP contribution in [0.5, 0.6) is 5.75 Å². The van der Waals surface area contributed by atoms with E-state index >= 15 is 0 Å². The molecular formula is C21H23N3O2. The summed E-state index contributed by atoms with van der Waals surface area (Å²) in [7, 11) is 1.63. The summed E-state index contributed by atoms with van der Waals surface area (Å²) in [5.74, 6) is 1.21. The van der Waals surface area contributed by atoms with Crippen LogP contribution in [-0.2, 0) is 4.79 Å². The molecule has 134 valence electrons. The van der Waals surface area contributed by atoms with Gasteiger partial charge >= 0.3 is 0 Å². The van der Waals surface area contributed by atoms with Gasteiger partial charge in [-0.15, -0.1) is 0 Å². The number of methoxy groups -OCH3 is 1. The first-order chi connectivity index (χ1) is 12.7. The second-order valence-corrected chi connectivity index (χ2v) is 6.04. The number of imidazole rings is 1. The molecule has 0 spiro atoms. The van der Waals surface area contributed by atoms with Crippen LogP contribution < -0.4 is 10.1 Å². The number of aromatic amines is 1. The average Bonchev–Trinajstić information content (AvgIpc) is 3.10. The normalized spacial score (nSPS) is 11.5. The third kappa shape index (κ3) is 4.11. The van der Waals surface area contributed by atoms with Gasteiger partial charge in [0.05, 0.1) is 23.7 Å². The molecule has 0 aliphatic heterocycles. The van der Waals surface area contributed by atoms with E-state index in [0.717, 1.165) is 35.2 Å². The van der Waals surface area contributed by atoms with Crippen LogP contribution in [0.25, 0.3) is 22.7 Å². The van der Waals surface area contributed by atoms with E-state index in [4.69, 9.17) is 4.74 Å². The second-order valence-electron chi connectivity index (χ2n) is 6.04. The number of hydrogen-bond acceptors (Lipinski definition) is 3. The Morgan fingerprint density at radius 1 is 1.19 bits per heavy atom. The zero-order valence-corrected chi connectivity index (χ0v) is 15.1. The lowest BCUT2D eigenvalue weighted by atomic mass is 10.1. The van der Waals surface area contributed by atoms with Gasteiger partial charge in [0.1, 0.15) is 11.6 Å². The van der Waals surface area contributed by atoms with Crippen molar-refractivity contribution in [1.82, 2.24) is 15.3 Å². The first kappa shape index (κ1) is 17.7. The largest absolute Gasteiger partial charge is 0.497 e. The quantitative estimate of drug-likeness (QED) is 0.500. The fraction of sp³-hybridized carbons (Fsp3) is 0.238. The van der Waals surface area contributed by atoms with E-state index in [9.17, 15) is 4.79 Å². The minimum atomic E-state index is -0.131. The maximum absolute atomic E-state index is 12.8. The van der Waals surface area contributed by atoms with E-state index < -0.39 is 0 Å². The maximum Gasteiger partial charge on any atom is 0.255 e. The van der Waals surface area contributed by atoms with E-state index in [0.29, 0.717) is 17.9 Å². The molecule has 0 bridgehead atoms. The molecule has 0 saturated carbocycles. The molecule has 3 rings (SSSR count). The van der Waals surface area contributed by atoms with Crippen LogP contribution in [0.1, 0.15) is 31.2 Å². The number of aromatic nitrogens is 2. The number of unbranched alkanes of at least 4 members (excludes halogenated alkanes) is 1. The summed E-state index contributed by atoms with van der Waals surface area (Å²) in [6.07, 6.45) is 3.82. The van der Waals surface area contributed by atoms with Crippen molar-refractivity contribution in [3.63, 3.8) is 0 Å². The molecule has 1 heterocycles. The van der Waals surface area contributed by atoms with E-state index in [2.05, 4.69) is 22.2 Å². The molecule has 0 fully saturated rings. The summed E-state index contributed by atoms with van der Waals surface area (Å²) in [6, 6.07) is 15.3. The fourth-order valence-corrected chi connectivity index (χ4v) is 2.66. The van der Waals surface area contributed by atoms with Gasteiger partial charge in [0.25, 0.3) is 5.91 Å². The molecule has 0 atom stereocenters. The molecule has 0 saturated heterocycles. The highest BCUT2D eigenvalue weighted by Crippen LogP contribution is 2.21. The van der Waals surface area contributed by atoms with Crippen molar-refractivity contribution in [3.8, 4) is 5.75 Å². The topological polar surface area (TPSA) is 67.0 Å². The highest BCUT2D eigenvalue weighted by molar-refractivity contribution is 6.23. The predicted molar refractivity (Wildman–Crippen MR) is 105 cm³/mol. The molecule has 0 aliphatic carbocycles. The summed E-state index contributed by atoms with van der Waals surface area (Å²) in [6.45, 7) is 2.75. The number of hydrogen-bond donors (Lipinski definition) is 2. The van der Waals surface area contributed by atoms with E-state index in [1.165, 1.54) is 0 Å². The number of benzene rings is 2. The Bertz CT molecular complexity index is 877. The van der Waals surface area contributed by atoms with E-state index in [1.807, 2.05) is 54.6 Å². The van der Waals surface area contributed by atoms with Gasteiger partial charge < -0.3 is 15.0 Å². The number of nitrogens with zero attached hydrogens (tertiary/aromatic N) is 1. The molecule has 1 aromatic heterocycles. The van der Waals surface area contributed by atoms with Crippen LogP contribution in [0.2, 0.25) is 0 Å². The van der Waals surface area contributed by atoms with Gasteiger partial charge in [-0.25, -0.2) is 4.98 Å². The number of H-pyrrole nitrogens is 1. The van der Waals surface area contributed by atoms with Crippen molar-refractivity contribution in [1.29, 1.82) is 0 Å². The van der Waals surface area contributed by atoms with Crippen molar-refractivity contribution in [2.24, 2.45) is 0 Å². The Balaban J connectivity index is 1.97. The summed E-state index contributed by atoms with van der Waals surface area (Å²) in [5.41, 5.74) is 3.17. The van der Waals surface area contributed by atoms with Gasteiger partial charge in [0.15, 0.2) is 0 Å². The number of para-hydroxylation sites is 2. The van der Waals surface area contributed by atoms with Crippen LogP contribution in [0.4, 0.5) is 0 Å². The van der Waals surface area contributed by atoms with Gasteiger partial charge in [-0.3, -0.25) is 4.79 Å². The van der Waals surface area contributed by atoms with Crippen LogP contribution in [0.3, 0.4) is 0 Å². The summed E-state index contributed by atoms with van der Waals surface area (Å²) in [5, 5.41) is 2.98. The van der Waals surface area contributed by atoms with Crippen molar-refractivity contribution < 1.29 is 9.53 Å². The summed E-state index contributed by atoms with van der Waals surface area (Å²) < 4.78 is 5.19. The Hall–Kier alpha value is -3.08. The molecular weight excluding hydrogens is 326 g/mol. The Morgan fingerprint density at radius 3 is 2.65 bits per heavy atom.